The Labute approximate surface area is 97.8 Å². The van der Waals surface area contributed by atoms with E-state index >= 15 is 0 Å². The van der Waals surface area contributed by atoms with Crippen molar-refractivity contribution in [2.75, 3.05) is 13.2 Å². The van der Waals surface area contributed by atoms with Gasteiger partial charge < -0.3 is 9.30 Å². The quantitative estimate of drug-likeness (QED) is 0.716. The first kappa shape index (κ1) is 11.6. The summed E-state index contributed by atoms with van der Waals surface area (Å²) in [4.78, 5) is 4.67. The molecule has 0 unspecified atom stereocenters. The van der Waals surface area contributed by atoms with Crippen molar-refractivity contribution in [3.8, 4) is 0 Å². The molecule has 16 heavy (non-hydrogen) atoms. The van der Waals surface area contributed by atoms with Crippen LogP contribution in [0.5, 0.6) is 0 Å². The molecule has 0 aliphatic heterocycles. The van der Waals surface area contributed by atoms with Crippen LogP contribution in [0, 0.1) is 6.92 Å². The lowest BCUT2D eigenvalue weighted by Gasteiger charge is -2.14. The van der Waals surface area contributed by atoms with Crippen LogP contribution in [0.25, 0.3) is 0 Å². The fraction of sp³-hybridized carbons (Fsp3) is 0.769. The molecule has 0 atom stereocenters. The fourth-order valence-corrected chi connectivity index (χ4v) is 2.50. The lowest BCUT2D eigenvalue weighted by molar-refractivity contribution is 0.141. The van der Waals surface area contributed by atoms with Crippen molar-refractivity contribution in [2.45, 2.75) is 52.5 Å². The second-order valence-electron chi connectivity index (χ2n) is 4.46. The Bertz CT molecular complexity index is 344. The second kappa shape index (κ2) is 5.48. The molecule has 0 fully saturated rings. The van der Waals surface area contributed by atoms with E-state index in [9.17, 15) is 0 Å². The van der Waals surface area contributed by atoms with E-state index in [2.05, 4.69) is 16.5 Å². The summed E-state index contributed by atoms with van der Waals surface area (Å²) in [7, 11) is 0. The molecular formula is C13H22N2O. The van der Waals surface area contributed by atoms with Crippen LogP contribution in [0.2, 0.25) is 0 Å². The molecule has 90 valence electrons. The maximum atomic E-state index is 5.38. The standard InChI is InChI=1S/C13H22N2O/c1-3-16-10-6-9-15-11(2)14-12-7-4-5-8-13(12)15/h3-10H2,1-2H3. The molecule has 0 N–H and O–H groups in total. The van der Waals surface area contributed by atoms with Gasteiger partial charge in [-0.05, 0) is 46.0 Å². The van der Waals surface area contributed by atoms with Gasteiger partial charge in [-0.15, -0.1) is 0 Å². The van der Waals surface area contributed by atoms with Gasteiger partial charge in [-0.3, -0.25) is 0 Å². The molecule has 0 amide bonds. The van der Waals surface area contributed by atoms with Crippen LogP contribution in [0.1, 0.15) is 43.4 Å². The predicted molar refractivity (Wildman–Crippen MR) is 64.7 cm³/mol. The van der Waals surface area contributed by atoms with E-state index in [1.165, 1.54) is 42.9 Å². The van der Waals surface area contributed by atoms with Gasteiger partial charge in [-0.1, -0.05) is 0 Å². The Balaban J connectivity index is 1.99. The molecule has 1 aromatic heterocycles. The Hall–Kier alpha value is -0.830. The van der Waals surface area contributed by atoms with E-state index in [4.69, 9.17) is 4.74 Å². The highest BCUT2D eigenvalue weighted by atomic mass is 16.5. The first-order valence-electron chi connectivity index (χ1n) is 6.45. The van der Waals surface area contributed by atoms with Gasteiger partial charge in [0.25, 0.3) is 0 Å². The van der Waals surface area contributed by atoms with Crippen LogP contribution in [0.15, 0.2) is 0 Å². The minimum atomic E-state index is 0.820. The van der Waals surface area contributed by atoms with E-state index in [1.807, 2.05) is 6.92 Å². The highest BCUT2D eigenvalue weighted by Crippen LogP contribution is 2.22. The molecular weight excluding hydrogens is 200 g/mol. The van der Waals surface area contributed by atoms with Crippen molar-refractivity contribution >= 4 is 0 Å². The SMILES string of the molecule is CCOCCCn1c(C)nc2c1CCCC2. The zero-order chi connectivity index (χ0) is 11.4. The summed E-state index contributed by atoms with van der Waals surface area (Å²) in [5, 5.41) is 0. The number of fused-ring (bicyclic) bond motifs is 1. The molecule has 1 aliphatic carbocycles. The number of ether oxygens (including phenoxy) is 1. The zero-order valence-electron chi connectivity index (χ0n) is 10.5. The fourth-order valence-electron chi connectivity index (χ4n) is 2.50. The van der Waals surface area contributed by atoms with E-state index in [0.29, 0.717) is 0 Å². The first-order valence-corrected chi connectivity index (χ1v) is 6.45. The van der Waals surface area contributed by atoms with Crippen molar-refractivity contribution in [1.29, 1.82) is 0 Å². The maximum absolute atomic E-state index is 5.38. The molecule has 1 aliphatic rings. The van der Waals surface area contributed by atoms with Gasteiger partial charge in [-0.25, -0.2) is 4.98 Å². The highest BCUT2D eigenvalue weighted by Gasteiger charge is 2.17. The van der Waals surface area contributed by atoms with Gasteiger partial charge in [0.2, 0.25) is 0 Å². The molecule has 1 aromatic rings. The van der Waals surface area contributed by atoms with Gasteiger partial charge >= 0.3 is 0 Å². The monoisotopic (exact) mass is 222 g/mol. The highest BCUT2D eigenvalue weighted by molar-refractivity contribution is 5.19. The van der Waals surface area contributed by atoms with Crippen LogP contribution in [-0.4, -0.2) is 22.8 Å². The Morgan fingerprint density at radius 1 is 1.31 bits per heavy atom. The molecule has 0 radical (unpaired) electrons. The zero-order valence-corrected chi connectivity index (χ0v) is 10.5. The molecule has 2 rings (SSSR count). The molecule has 1 heterocycles. The second-order valence-corrected chi connectivity index (χ2v) is 4.46. The van der Waals surface area contributed by atoms with Crippen molar-refractivity contribution in [3.05, 3.63) is 17.2 Å². The number of hydrogen-bond acceptors (Lipinski definition) is 2. The van der Waals surface area contributed by atoms with E-state index in [1.54, 1.807) is 0 Å². The Kier molecular flexibility index (Phi) is 3.99. The van der Waals surface area contributed by atoms with Crippen molar-refractivity contribution in [2.24, 2.45) is 0 Å². The van der Waals surface area contributed by atoms with E-state index < -0.39 is 0 Å². The topological polar surface area (TPSA) is 27.1 Å². The van der Waals surface area contributed by atoms with Crippen molar-refractivity contribution in [1.82, 2.24) is 9.55 Å². The molecule has 0 saturated carbocycles. The number of rotatable bonds is 5. The van der Waals surface area contributed by atoms with E-state index in [0.717, 1.165) is 26.2 Å². The molecule has 0 saturated heterocycles. The number of hydrogen-bond donors (Lipinski definition) is 0. The Morgan fingerprint density at radius 3 is 2.94 bits per heavy atom. The van der Waals surface area contributed by atoms with Gasteiger partial charge in [0.1, 0.15) is 5.82 Å². The first-order chi connectivity index (χ1) is 7.83. The smallest absolute Gasteiger partial charge is 0.106 e. The van der Waals surface area contributed by atoms with Gasteiger partial charge in [0, 0.05) is 25.5 Å². The third-order valence-electron chi connectivity index (χ3n) is 3.30. The predicted octanol–water partition coefficient (Wildman–Crippen LogP) is 2.50. The van der Waals surface area contributed by atoms with Gasteiger partial charge in [0.15, 0.2) is 0 Å². The molecule has 0 aromatic carbocycles. The van der Waals surface area contributed by atoms with Crippen LogP contribution in [0.4, 0.5) is 0 Å². The molecule has 3 nitrogen and oxygen atoms in total. The maximum Gasteiger partial charge on any atom is 0.106 e. The minimum absolute atomic E-state index is 0.820. The third kappa shape index (κ3) is 2.46. The summed E-state index contributed by atoms with van der Waals surface area (Å²) in [6, 6.07) is 0. The summed E-state index contributed by atoms with van der Waals surface area (Å²) < 4.78 is 7.78. The summed E-state index contributed by atoms with van der Waals surface area (Å²) >= 11 is 0. The normalized spacial score (nSPS) is 15.1. The Morgan fingerprint density at radius 2 is 2.12 bits per heavy atom. The molecule has 0 bridgehead atoms. The van der Waals surface area contributed by atoms with Crippen molar-refractivity contribution < 1.29 is 4.74 Å². The molecule has 3 heteroatoms. The van der Waals surface area contributed by atoms with Crippen LogP contribution < -0.4 is 0 Å². The number of aromatic nitrogens is 2. The average molecular weight is 222 g/mol. The van der Waals surface area contributed by atoms with Gasteiger partial charge in [0.05, 0.1) is 5.69 Å². The lowest BCUT2D eigenvalue weighted by atomic mass is 10.0. The largest absolute Gasteiger partial charge is 0.382 e. The van der Waals surface area contributed by atoms with Crippen LogP contribution in [-0.2, 0) is 24.1 Å². The van der Waals surface area contributed by atoms with E-state index in [-0.39, 0.29) is 0 Å². The summed E-state index contributed by atoms with van der Waals surface area (Å²) in [6.07, 6.45) is 6.11. The van der Waals surface area contributed by atoms with Crippen LogP contribution in [0.3, 0.4) is 0 Å². The van der Waals surface area contributed by atoms with Crippen LogP contribution >= 0.6 is 0 Å². The third-order valence-corrected chi connectivity index (χ3v) is 3.30. The number of nitrogens with zero attached hydrogens (tertiary/aromatic N) is 2. The number of aryl methyl sites for hydroxylation is 2. The molecule has 0 spiro atoms. The van der Waals surface area contributed by atoms with Crippen molar-refractivity contribution in [3.63, 3.8) is 0 Å². The summed E-state index contributed by atoms with van der Waals surface area (Å²) in [5.74, 6) is 1.18. The number of imidazole rings is 1. The van der Waals surface area contributed by atoms with Gasteiger partial charge in [-0.2, -0.15) is 0 Å². The summed E-state index contributed by atoms with van der Waals surface area (Å²) in [6.45, 7) is 6.92. The summed E-state index contributed by atoms with van der Waals surface area (Å²) in [5.41, 5.74) is 2.83. The average Bonchev–Trinajstić information content (AvgIpc) is 2.61. The minimum Gasteiger partial charge on any atom is -0.382 e. The lowest BCUT2D eigenvalue weighted by Crippen LogP contribution is -2.11.